The Morgan fingerprint density at radius 1 is 0.232 bits per heavy atom. The minimum Gasteiger partial charge on any atom is -0.289 e. The highest BCUT2D eigenvalue weighted by atomic mass is 16.1. The molecule has 3 aliphatic rings. The van der Waals surface area contributed by atoms with Gasteiger partial charge < -0.3 is 0 Å². The van der Waals surface area contributed by atoms with E-state index in [-0.39, 0.29) is 5.78 Å². The first kappa shape index (κ1) is 49.4. The highest BCUT2D eigenvalue weighted by Crippen LogP contribution is 2.58. The van der Waals surface area contributed by atoms with Gasteiger partial charge in [0, 0.05) is 27.9 Å². The smallest absolute Gasteiger partial charge is 0.195 e. The molecule has 3 aliphatic carbocycles. The van der Waals surface area contributed by atoms with Crippen LogP contribution in [0.4, 0.5) is 0 Å². The Morgan fingerprint density at radius 2 is 0.549 bits per heavy atom. The zero-order chi connectivity index (χ0) is 54.9. The molecular formula is C81H52O. The first-order valence-electron chi connectivity index (χ1n) is 27.9. The van der Waals surface area contributed by atoms with Gasteiger partial charge in [-0.25, -0.2) is 0 Å². The largest absolute Gasteiger partial charge is 0.289 e. The van der Waals surface area contributed by atoms with Crippen LogP contribution >= 0.6 is 0 Å². The van der Waals surface area contributed by atoms with Crippen LogP contribution in [0.5, 0.6) is 0 Å². The summed E-state index contributed by atoms with van der Waals surface area (Å²) < 4.78 is 0. The molecule has 0 spiro atoms. The fraction of sp³-hybridized carbons (Fsp3) is 0. The van der Waals surface area contributed by atoms with Crippen LogP contribution in [0, 0.1) is 12.3 Å². The third-order valence-electron chi connectivity index (χ3n) is 16.2. The fourth-order valence-corrected chi connectivity index (χ4v) is 12.5. The molecule has 0 amide bonds. The second-order valence-corrected chi connectivity index (χ2v) is 20.8. The summed E-state index contributed by atoms with van der Waals surface area (Å²) in [7, 11) is 0. The van der Waals surface area contributed by atoms with E-state index in [0.717, 1.165) is 39.0 Å². The third kappa shape index (κ3) is 8.77. The number of benzene rings is 13. The zero-order valence-corrected chi connectivity index (χ0v) is 44.9. The summed E-state index contributed by atoms with van der Waals surface area (Å²) in [6, 6.07) is 109. The number of fused-ring (bicyclic) bond motifs is 6. The lowest BCUT2D eigenvalue weighted by Gasteiger charge is -2.21. The second kappa shape index (κ2) is 21.4. The maximum absolute atomic E-state index is 13.7. The minimum absolute atomic E-state index is 0.119. The molecule has 0 N–H and O–H groups in total. The van der Waals surface area contributed by atoms with Gasteiger partial charge in [-0.15, -0.1) is 6.42 Å². The molecule has 13 aromatic rings. The molecule has 0 saturated carbocycles. The van der Waals surface area contributed by atoms with E-state index in [4.69, 9.17) is 6.42 Å². The lowest BCUT2D eigenvalue weighted by Crippen LogP contribution is -2.02. The number of hydrogen-bond donors (Lipinski definition) is 0. The first-order valence-corrected chi connectivity index (χ1v) is 27.9. The van der Waals surface area contributed by atoms with E-state index in [0.29, 0.717) is 0 Å². The molecule has 82 heavy (non-hydrogen) atoms. The molecule has 0 bridgehead atoms. The second-order valence-electron chi connectivity index (χ2n) is 20.8. The highest BCUT2D eigenvalue weighted by Gasteiger charge is 2.40. The van der Waals surface area contributed by atoms with E-state index in [1.807, 2.05) is 103 Å². The molecule has 0 heterocycles. The maximum Gasteiger partial charge on any atom is 0.195 e. The predicted octanol–water partition coefficient (Wildman–Crippen LogP) is 20.7. The van der Waals surface area contributed by atoms with Crippen LogP contribution in [0.3, 0.4) is 0 Å². The monoisotopic (exact) mass is 1040 g/mol. The summed E-state index contributed by atoms with van der Waals surface area (Å²) in [5, 5.41) is 5.12. The van der Waals surface area contributed by atoms with Crippen molar-refractivity contribution in [1.29, 1.82) is 0 Å². The van der Waals surface area contributed by atoms with Crippen molar-refractivity contribution in [3.8, 4) is 90.2 Å². The molecule has 0 aromatic heterocycles. The van der Waals surface area contributed by atoms with E-state index in [1.165, 1.54) is 111 Å². The van der Waals surface area contributed by atoms with Gasteiger partial charge in [0.25, 0.3) is 0 Å². The van der Waals surface area contributed by atoms with Crippen molar-refractivity contribution in [2.45, 2.75) is 0 Å². The fourth-order valence-electron chi connectivity index (χ4n) is 12.5. The molecule has 0 unspecified atom stereocenters. The number of allylic oxidation sites excluding steroid dienone is 4. The third-order valence-corrected chi connectivity index (χ3v) is 16.2. The molecule has 382 valence electrons. The molecule has 0 aliphatic heterocycles. The van der Waals surface area contributed by atoms with Gasteiger partial charge in [-0.1, -0.05) is 297 Å². The van der Waals surface area contributed by atoms with Gasteiger partial charge in [-0.2, -0.15) is 0 Å². The van der Waals surface area contributed by atoms with Gasteiger partial charge >= 0.3 is 0 Å². The predicted molar refractivity (Wildman–Crippen MR) is 345 cm³/mol. The van der Waals surface area contributed by atoms with Gasteiger partial charge in [0.05, 0.1) is 0 Å². The SMILES string of the molecule is C#Cc1ccc(-c2ccccc2)cc1.O=C1C(c2ccccc2)=C2C(=C1c1ccccc1)c1cccc3cccc2c13.c1ccc(-c2ccc(-c3cc(-c4ccccc4)c4c(c3-c3ccccc3)-c3cccc5cccc-4c35)cc2)cc1. The van der Waals surface area contributed by atoms with Crippen LogP contribution in [0.1, 0.15) is 27.8 Å². The molecule has 13 aromatic carbocycles. The van der Waals surface area contributed by atoms with E-state index < -0.39 is 0 Å². The van der Waals surface area contributed by atoms with Crippen LogP contribution in [-0.4, -0.2) is 5.78 Å². The van der Waals surface area contributed by atoms with Crippen molar-refractivity contribution >= 4 is 49.6 Å². The summed E-state index contributed by atoms with van der Waals surface area (Å²) in [6.07, 6.45) is 5.29. The van der Waals surface area contributed by atoms with Crippen molar-refractivity contribution < 1.29 is 4.79 Å². The molecule has 0 fully saturated rings. The first-order chi connectivity index (χ1) is 40.6. The van der Waals surface area contributed by atoms with Crippen molar-refractivity contribution in [1.82, 2.24) is 0 Å². The van der Waals surface area contributed by atoms with Gasteiger partial charge in [-0.05, 0) is 140 Å². The summed E-state index contributed by atoms with van der Waals surface area (Å²) in [4.78, 5) is 13.7. The zero-order valence-electron chi connectivity index (χ0n) is 44.9. The Kier molecular flexibility index (Phi) is 12.9. The van der Waals surface area contributed by atoms with E-state index in [2.05, 4.69) is 212 Å². The topological polar surface area (TPSA) is 17.1 Å². The number of terminal acetylenes is 1. The lowest BCUT2D eigenvalue weighted by atomic mass is 9.82. The normalized spacial score (nSPS) is 12.3. The average Bonchev–Trinajstić information content (AvgIpc) is 4.22. The Labute approximate surface area is 479 Å². The molecule has 0 saturated heterocycles. The number of carbonyl (C=O) groups is 1. The quantitative estimate of drug-likeness (QED) is 0.145. The number of Topliss-reactive ketones (excluding diaryl/α,β-unsaturated/α-hetero) is 1. The summed E-state index contributed by atoms with van der Waals surface area (Å²) in [5.74, 6) is 2.72. The summed E-state index contributed by atoms with van der Waals surface area (Å²) in [5.41, 5.74) is 26.8. The standard InChI is InChI=1S/C40H26.C27H16O.C14H10/c1-4-12-27(13-5-1)28-22-24-30(25-23-28)35-26-36(29-14-6-2-7-15-29)39-33-20-10-18-31-19-11-21-34(37(31)33)40(39)38(35)32-16-8-3-9-17-32;28-27-23(18-9-3-1-4-10-18)25-20-15-7-13-17-14-8-16-21(22(17)20)26(25)24(27)19-11-5-2-6-12-19;1-2-12-8-10-14(11-9-12)13-6-4-3-5-7-13/h1-26H;1-16H;1,3-11H. The molecule has 0 radical (unpaired) electrons. The van der Waals surface area contributed by atoms with Crippen LogP contribution in [0.2, 0.25) is 0 Å². The van der Waals surface area contributed by atoms with E-state index in [9.17, 15) is 4.79 Å². The molecule has 1 heteroatoms. The average molecular weight is 1040 g/mol. The number of ketones is 1. The Bertz CT molecular complexity index is 4560. The highest BCUT2D eigenvalue weighted by molar-refractivity contribution is 6.61. The Balaban J connectivity index is 0.000000124. The van der Waals surface area contributed by atoms with Crippen molar-refractivity contribution in [2.24, 2.45) is 0 Å². The lowest BCUT2D eigenvalue weighted by molar-refractivity contribution is -0.108. The summed E-state index contributed by atoms with van der Waals surface area (Å²) >= 11 is 0. The number of carbonyl (C=O) groups excluding carboxylic acids is 1. The Hall–Kier alpha value is -10.9. The maximum atomic E-state index is 13.7. The molecule has 1 nitrogen and oxygen atoms in total. The molecular weight excluding hydrogens is 989 g/mol. The minimum atomic E-state index is 0.119. The van der Waals surface area contributed by atoms with Crippen LogP contribution in [0.25, 0.3) is 122 Å². The van der Waals surface area contributed by atoms with E-state index in [1.54, 1.807) is 0 Å². The van der Waals surface area contributed by atoms with Crippen LogP contribution in [0.15, 0.2) is 309 Å². The van der Waals surface area contributed by atoms with Crippen LogP contribution < -0.4 is 0 Å². The summed E-state index contributed by atoms with van der Waals surface area (Å²) in [6.45, 7) is 0. The van der Waals surface area contributed by atoms with Gasteiger partial charge in [0.2, 0.25) is 0 Å². The molecule has 0 atom stereocenters. The van der Waals surface area contributed by atoms with Gasteiger partial charge in [-0.3, -0.25) is 4.79 Å². The number of rotatable bonds is 7. The van der Waals surface area contributed by atoms with E-state index >= 15 is 0 Å². The Morgan fingerprint density at radius 3 is 0.988 bits per heavy atom. The van der Waals surface area contributed by atoms with Crippen LogP contribution in [-0.2, 0) is 4.79 Å². The van der Waals surface area contributed by atoms with Crippen molar-refractivity contribution in [3.63, 3.8) is 0 Å². The van der Waals surface area contributed by atoms with Crippen molar-refractivity contribution in [3.05, 3.63) is 337 Å². The molecule has 16 rings (SSSR count). The van der Waals surface area contributed by atoms with Gasteiger partial charge in [0.15, 0.2) is 5.78 Å². The number of hydrogen-bond acceptors (Lipinski definition) is 1. The van der Waals surface area contributed by atoms with Gasteiger partial charge in [0.1, 0.15) is 0 Å². The van der Waals surface area contributed by atoms with Crippen molar-refractivity contribution in [2.75, 3.05) is 0 Å².